The molecule has 1 unspecified atom stereocenters. The Labute approximate surface area is 66.4 Å². The molecule has 0 aromatic rings. The molecular formula is C8H14O3. The third kappa shape index (κ3) is 9.17. The van der Waals surface area contributed by atoms with Gasteiger partial charge in [-0.15, -0.1) is 0 Å². The van der Waals surface area contributed by atoms with E-state index in [1.165, 1.54) is 0 Å². The smallest absolute Gasteiger partial charge is 0.307 e. The number of aliphatic hydroxyl groups excluding tert-OH is 1. The van der Waals surface area contributed by atoms with Crippen LogP contribution in [0.5, 0.6) is 0 Å². The van der Waals surface area contributed by atoms with E-state index in [0.29, 0.717) is 6.42 Å². The lowest BCUT2D eigenvalue weighted by Crippen LogP contribution is -1.97. The molecule has 2 N–H and O–H groups in total. The number of aliphatic hydroxyl groups is 1. The molecule has 0 aliphatic rings. The van der Waals surface area contributed by atoms with Crippen LogP contribution in [-0.4, -0.2) is 22.3 Å². The summed E-state index contributed by atoms with van der Waals surface area (Å²) < 4.78 is 0. The Hall–Kier alpha value is -0.830. The van der Waals surface area contributed by atoms with Crippen LogP contribution in [0.25, 0.3) is 0 Å². The molecule has 11 heavy (non-hydrogen) atoms. The van der Waals surface area contributed by atoms with Gasteiger partial charge in [-0.3, -0.25) is 4.79 Å². The summed E-state index contributed by atoms with van der Waals surface area (Å²) in [5.41, 5.74) is 0. The van der Waals surface area contributed by atoms with Crippen LogP contribution < -0.4 is 0 Å². The van der Waals surface area contributed by atoms with Gasteiger partial charge in [-0.25, -0.2) is 0 Å². The van der Waals surface area contributed by atoms with Crippen molar-refractivity contribution >= 4 is 5.97 Å². The predicted molar refractivity (Wildman–Crippen MR) is 42.3 cm³/mol. The molecule has 0 radical (unpaired) electrons. The van der Waals surface area contributed by atoms with E-state index in [4.69, 9.17) is 10.2 Å². The molecule has 0 saturated carbocycles. The monoisotopic (exact) mass is 158 g/mol. The number of carboxylic acids is 1. The van der Waals surface area contributed by atoms with E-state index in [1.807, 2.05) is 0 Å². The maximum absolute atomic E-state index is 10.00. The molecule has 0 spiro atoms. The van der Waals surface area contributed by atoms with Crippen molar-refractivity contribution in [2.75, 3.05) is 0 Å². The predicted octanol–water partition coefficient (Wildman–Crippen LogP) is 1.18. The zero-order valence-electron chi connectivity index (χ0n) is 6.66. The zero-order valence-corrected chi connectivity index (χ0v) is 6.66. The summed E-state index contributed by atoms with van der Waals surface area (Å²) >= 11 is 0. The fraction of sp³-hybridized carbons (Fsp3) is 0.625. The van der Waals surface area contributed by atoms with E-state index in [0.717, 1.165) is 6.42 Å². The summed E-state index contributed by atoms with van der Waals surface area (Å²) in [6, 6.07) is 0. The molecule has 0 bridgehead atoms. The minimum Gasteiger partial charge on any atom is -0.481 e. The van der Waals surface area contributed by atoms with Crippen molar-refractivity contribution in [3.05, 3.63) is 12.2 Å². The van der Waals surface area contributed by atoms with Crippen molar-refractivity contribution in [3.8, 4) is 0 Å². The number of carboxylic acid groups (broad SMARTS) is 1. The maximum atomic E-state index is 10.00. The summed E-state index contributed by atoms with van der Waals surface area (Å²) in [5, 5.41) is 17.0. The fourth-order valence-electron chi connectivity index (χ4n) is 0.639. The molecule has 1 atom stereocenters. The highest BCUT2D eigenvalue weighted by Gasteiger charge is 1.92. The Balaban J connectivity index is 3.23. The van der Waals surface area contributed by atoms with Gasteiger partial charge in [0.1, 0.15) is 0 Å². The molecule has 0 amide bonds. The van der Waals surface area contributed by atoms with Gasteiger partial charge in [0.2, 0.25) is 0 Å². The van der Waals surface area contributed by atoms with Crippen LogP contribution in [-0.2, 0) is 4.79 Å². The normalized spacial score (nSPS) is 13.6. The van der Waals surface area contributed by atoms with Gasteiger partial charge in [-0.2, -0.15) is 0 Å². The van der Waals surface area contributed by atoms with Gasteiger partial charge < -0.3 is 10.2 Å². The quantitative estimate of drug-likeness (QED) is 0.590. The number of allylic oxidation sites excluding steroid dienone is 1. The van der Waals surface area contributed by atoms with Crippen molar-refractivity contribution < 1.29 is 15.0 Å². The summed E-state index contributed by atoms with van der Waals surface area (Å²) in [4.78, 5) is 10.00. The molecule has 0 rings (SSSR count). The molecule has 0 aliphatic carbocycles. The molecule has 0 saturated heterocycles. The summed E-state index contributed by atoms with van der Waals surface area (Å²) in [5.74, 6) is -0.821. The van der Waals surface area contributed by atoms with Crippen molar-refractivity contribution in [1.29, 1.82) is 0 Å². The Morgan fingerprint density at radius 3 is 2.64 bits per heavy atom. The second-order valence-electron chi connectivity index (χ2n) is 2.50. The van der Waals surface area contributed by atoms with Crippen LogP contribution >= 0.6 is 0 Å². The molecular weight excluding hydrogens is 144 g/mol. The Morgan fingerprint density at radius 1 is 1.55 bits per heavy atom. The third-order valence-corrected chi connectivity index (χ3v) is 1.21. The van der Waals surface area contributed by atoms with E-state index >= 15 is 0 Å². The third-order valence-electron chi connectivity index (χ3n) is 1.21. The van der Waals surface area contributed by atoms with Crippen LogP contribution in [0.3, 0.4) is 0 Å². The number of carbonyl (C=O) groups is 1. The Kier molecular flexibility index (Phi) is 5.47. The van der Waals surface area contributed by atoms with E-state index in [-0.39, 0.29) is 12.5 Å². The highest BCUT2D eigenvalue weighted by molar-refractivity contribution is 5.68. The van der Waals surface area contributed by atoms with Gasteiger partial charge in [0, 0.05) is 0 Å². The van der Waals surface area contributed by atoms with Gasteiger partial charge in [-0.1, -0.05) is 12.2 Å². The van der Waals surface area contributed by atoms with Crippen molar-refractivity contribution in [2.45, 2.75) is 32.3 Å². The van der Waals surface area contributed by atoms with Crippen molar-refractivity contribution in [2.24, 2.45) is 0 Å². The second-order valence-corrected chi connectivity index (χ2v) is 2.50. The lowest BCUT2D eigenvalue weighted by molar-refractivity contribution is -0.136. The summed E-state index contributed by atoms with van der Waals surface area (Å²) in [6.07, 6.45) is 4.58. The number of hydrogen-bond acceptors (Lipinski definition) is 2. The minimum atomic E-state index is -0.821. The lowest BCUT2D eigenvalue weighted by Gasteiger charge is -1.97. The minimum absolute atomic E-state index is 0.0693. The molecule has 64 valence electrons. The number of hydrogen-bond donors (Lipinski definition) is 2. The van der Waals surface area contributed by atoms with Crippen LogP contribution in [0, 0.1) is 0 Å². The molecule has 3 heteroatoms. The van der Waals surface area contributed by atoms with E-state index in [1.54, 1.807) is 19.1 Å². The standard InChI is InChI=1S/C8H14O3/c1-7(9)5-3-2-4-6-8(10)11/h2,4,7,9H,3,5-6H2,1H3,(H,10,11)/b4-2-. The van der Waals surface area contributed by atoms with Gasteiger partial charge in [0.05, 0.1) is 12.5 Å². The summed E-state index contributed by atoms with van der Waals surface area (Å²) in [6.45, 7) is 1.71. The fourth-order valence-corrected chi connectivity index (χ4v) is 0.639. The molecule has 0 aliphatic heterocycles. The lowest BCUT2D eigenvalue weighted by atomic mass is 10.2. The highest BCUT2D eigenvalue weighted by Crippen LogP contribution is 1.97. The van der Waals surface area contributed by atoms with Gasteiger partial charge in [-0.05, 0) is 19.8 Å². The first-order valence-electron chi connectivity index (χ1n) is 3.67. The van der Waals surface area contributed by atoms with Crippen LogP contribution in [0.4, 0.5) is 0 Å². The van der Waals surface area contributed by atoms with E-state index in [9.17, 15) is 4.79 Å². The molecule has 0 heterocycles. The SMILES string of the molecule is CC(O)CC/C=C\CC(=O)O. The van der Waals surface area contributed by atoms with Crippen LogP contribution in [0.15, 0.2) is 12.2 Å². The van der Waals surface area contributed by atoms with Gasteiger partial charge in [0.25, 0.3) is 0 Å². The second kappa shape index (κ2) is 5.92. The zero-order chi connectivity index (χ0) is 8.69. The Morgan fingerprint density at radius 2 is 2.18 bits per heavy atom. The first-order chi connectivity index (χ1) is 5.13. The van der Waals surface area contributed by atoms with Crippen molar-refractivity contribution in [3.63, 3.8) is 0 Å². The van der Waals surface area contributed by atoms with E-state index < -0.39 is 5.97 Å². The number of aliphatic carboxylic acids is 1. The highest BCUT2D eigenvalue weighted by atomic mass is 16.4. The first-order valence-corrected chi connectivity index (χ1v) is 3.67. The average Bonchev–Trinajstić information content (AvgIpc) is 1.85. The molecule has 0 fully saturated rings. The van der Waals surface area contributed by atoms with Gasteiger partial charge >= 0.3 is 5.97 Å². The molecule has 0 aromatic carbocycles. The Bertz CT molecular complexity index is 138. The van der Waals surface area contributed by atoms with Crippen LogP contribution in [0.1, 0.15) is 26.2 Å². The van der Waals surface area contributed by atoms with Gasteiger partial charge in [0.15, 0.2) is 0 Å². The van der Waals surface area contributed by atoms with Crippen LogP contribution in [0.2, 0.25) is 0 Å². The largest absolute Gasteiger partial charge is 0.481 e. The maximum Gasteiger partial charge on any atom is 0.307 e. The van der Waals surface area contributed by atoms with Crippen molar-refractivity contribution in [1.82, 2.24) is 0 Å². The average molecular weight is 158 g/mol. The molecule has 0 aromatic heterocycles. The summed E-state index contributed by atoms with van der Waals surface area (Å²) in [7, 11) is 0. The van der Waals surface area contributed by atoms with E-state index in [2.05, 4.69) is 0 Å². The molecule has 3 nitrogen and oxygen atoms in total. The topological polar surface area (TPSA) is 57.5 Å². The first kappa shape index (κ1) is 10.2. The number of rotatable bonds is 5.